The van der Waals surface area contributed by atoms with Gasteiger partial charge in [-0.25, -0.2) is 4.79 Å². The van der Waals surface area contributed by atoms with E-state index in [-0.39, 0.29) is 13.0 Å². The van der Waals surface area contributed by atoms with Crippen molar-refractivity contribution >= 4 is 0 Å². The van der Waals surface area contributed by atoms with Crippen molar-refractivity contribution in [1.82, 2.24) is 9.55 Å². The Morgan fingerprint density at radius 1 is 1.11 bits per heavy atom. The van der Waals surface area contributed by atoms with Crippen LogP contribution in [0.4, 0.5) is 0 Å². The highest BCUT2D eigenvalue weighted by molar-refractivity contribution is 5.02. The molecule has 0 unspecified atom stereocenters. The van der Waals surface area contributed by atoms with Gasteiger partial charge < -0.3 is 24.4 Å². The quantitative estimate of drug-likeness (QED) is 0.658. The second kappa shape index (κ2) is 11.4. The molecule has 3 N–H and O–H groups in total. The number of rotatable bonds is 2. The molecule has 4 heterocycles. The fourth-order valence-electron chi connectivity index (χ4n) is 2.87. The van der Waals surface area contributed by atoms with Gasteiger partial charge in [-0.05, 0) is 32.6 Å². The summed E-state index contributed by atoms with van der Waals surface area (Å²) in [6.45, 7) is 5.26. The number of hydrogen-bond acceptors (Lipinski definition) is 7. The summed E-state index contributed by atoms with van der Waals surface area (Å²) in [5.41, 5.74) is -0.643. The first-order valence-electron chi connectivity index (χ1n) is 9.45. The van der Waals surface area contributed by atoms with Crippen molar-refractivity contribution in [3.63, 3.8) is 0 Å². The lowest BCUT2D eigenvalue weighted by atomic mass is 10.2. The van der Waals surface area contributed by atoms with E-state index in [1.54, 1.807) is 6.92 Å². The lowest BCUT2D eigenvalue weighted by Gasteiger charge is -2.14. The topological polar surface area (TPSA) is 123 Å². The average Bonchev–Trinajstić information content (AvgIpc) is 3.43. The third-order valence-corrected chi connectivity index (χ3v) is 4.49. The SMILES string of the molecule is C1CCOC1.C1CCOC1.Cc1cn([C@H]2C[C@H](O)[C@@H](CO)O2)c(=O)[nH]c1=O. The van der Waals surface area contributed by atoms with Crippen LogP contribution in [0.2, 0.25) is 0 Å². The summed E-state index contributed by atoms with van der Waals surface area (Å²) >= 11 is 0. The molecule has 4 rings (SSSR count). The lowest BCUT2D eigenvalue weighted by molar-refractivity contribution is -0.0459. The third kappa shape index (κ3) is 6.86. The summed E-state index contributed by atoms with van der Waals surface area (Å²) in [4.78, 5) is 24.9. The van der Waals surface area contributed by atoms with Gasteiger partial charge >= 0.3 is 5.69 Å². The molecule has 3 saturated heterocycles. The van der Waals surface area contributed by atoms with Gasteiger partial charge in [-0.15, -0.1) is 0 Å². The van der Waals surface area contributed by atoms with Crippen LogP contribution in [0.5, 0.6) is 0 Å². The molecule has 0 spiro atoms. The number of nitrogens with zero attached hydrogens (tertiary/aromatic N) is 1. The van der Waals surface area contributed by atoms with E-state index >= 15 is 0 Å². The fraction of sp³-hybridized carbons (Fsp3) is 0.778. The van der Waals surface area contributed by atoms with Gasteiger partial charge in [-0.3, -0.25) is 14.3 Å². The van der Waals surface area contributed by atoms with Gasteiger partial charge in [0.25, 0.3) is 5.56 Å². The van der Waals surface area contributed by atoms with Gasteiger partial charge in [-0.1, -0.05) is 0 Å². The van der Waals surface area contributed by atoms with Crippen LogP contribution >= 0.6 is 0 Å². The van der Waals surface area contributed by atoms with Crippen LogP contribution in [-0.4, -0.2) is 65.0 Å². The maximum atomic E-state index is 11.6. The Labute approximate surface area is 157 Å². The molecule has 0 aliphatic carbocycles. The molecule has 0 bridgehead atoms. The van der Waals surface area contributed by atoms with Crippen molar-refractivity contribution in [2.45, 2.75) is 57.5 Å². The van der Waals surface area contributed by atoms with E-state index in [0.717, 1.165) is 26.4 Å². The van der Waals surface area contributed by atoms with Crippen LogP contribution in [0, 0.1) is 6.92 Å². The van der Waals surface area contributed by atoms with E-state index < -0.39 is 29.7 Å². The summed E-state index contributed by atoms with van der Waals surface area (Å²) in [5, 5.41) is 18.5. The van der Waals surface area contributed by atoms with Gasteiger partial charge in [0, 0.05) is 44.6 Å². The van der Waals surface area contributed by atoms with Crippen molar-refractivity contribution in [2.24, 2.45) is 0 Å². The molecule has 0 aromatic carbocycles. The first-order valence-corrected chi connectivity index (χ1v) is 9.45. The molecular formula is C18H30N2O7. The molecular weight excluding hydrogens is 356 g/mol. The van der Waals surface area contributed by atoms with Gasteiger partial charge in [0.1, 0.15) is 12.3 Å². The molecule has 0 saturated carbocycles. The van der Waals surface area contributed by atoms with Crippen LogP contribution in [0.1, 0.15) is 43.9 Å². The Bertz CT molecular complexity index is 639. The second-order valence-electron chi connectivity index (χ2n) is 6.73. The van der Waals surface area contributed by atoms with Gasteiger partial charge in [0.2, 0.25) is 0 Å². The smallest absolute Gasteiger partial charge is 0.330 e. The van der Waals surface area contributed by atoms with Crippen LogP contribution in [0.15, 0.2) is 15.8 Å². The molecule has 3 aliphatic heterocycles. The number of ether oxygens (including phenoxy) is 3. The molecule has 1 aromatic rings. The first-order chi connectivity index (χ1) is 13.0. The first kappa shape index (κ1) is 21.8. The third-order valence-electron chi connectivity index (χ3n) is 4.49. The molecule has 154 valence electrons. The van der Waals surface area contributed by atoms with E-state index in [9.17, 15) is 14.7 Å². The van der Waals surface area contributed by atoms with Crippen molar-refractivity contribution < 1.29 is 24.4 Å². The number of aliphatic hydroxyl groups excluding tert-OH is 2. The van der Waals surface area contributed by atoms with E-state index in [4.69, 9.17) is 19.3 Å². The lowest BCUT2D eigenvalue weighted by Crippen LogP contribution is -2.33. The summed E-state index contributed by atoms with van der Waals surface area (Å²) in [7, 11) is 0. The molecule has 9 nitrogen and oxygen atoms in total. The van der Waals surface area contributed by atoms with E-state index in [0.29, 0.717) is 5.56 Å². The number of aliphatic hydroxyl groups is 2. The Kier molecular flexibility index (Phi) is 9.16. The molecule has 3 fully saturated rings. The Balaban J connectivity index is 0.000000210. The molecule has 1 aromatic heterocycles. The molecule has 3 aliphatic rings. The normalized spacial score (nSPS) is 26.9. The predicted molar refractivity (Wildman–Crippen MR) is 97.8 cm³/mol. The monoisotopic (exact) mass is 386 g/mol. The molecule has 0 amide bonds. The minimum atomic E-state index is -0.816. The number of aromatic amines is 1. The van der Waals surface area contributed by atoms with Crippen LogP contribution in [0.25, 0.3) is 0 Å². The maximum Gasteiger partial charge on any atom is 0.330 e. The molecule has 9 heteroatoms. The average molecular weight is 386 g/mol. The van der Waals surface area contributed by atoms with Crippen LogP contribution < -0.4 is 11.2 Å². The van der Waals surface area contributed by atoms with Crippen LogP contribution in [0.3, 0.4) is 0 Å². The van der Waals surface area contributed by atoms with E-state index in [1.165, 1.54) is 36.4 Å². The largest absolute Gasteiger partial charge is 0.394 e. The maximum absolute atomic E-state index is 11.6. The number of nitrogens with one attached hydrogen (secondary N) is 1. The van der Waals surface area contributed by atoms with Crippen LogP contribution in [-0.2, 0) is 14.2 Å². The summed E-state index contributed by atoms with van der Waals surface area (Å²) in [5.74, 6) is 0. The number of H-pyrrole nitrogens is 1. The van der Waals surface area contributed by atoms with Gasteiger partial charge in [0.15, 0.2) is 0 Å². The van der Waals surface area contributed by atoms with Crippen molar-refractivity contribution in [1.29, 1.82) is 0 Å². The highest BCUT2D eigenvalue weighted by atomic mass is 16.5. The zero-order valence-electron chi connectivity index (χ0n) is 15.8. The standard InChI is InChI=1S/C10H14N2O5.2C4H8O/c1-5-3-12(10(16)11-9(5)15)8-2-6(14)7(4-13)17-8;2*1-2-4-5-3-1/h3,6-8,13-14H,2,4H2,1H3,(H,11,15,16);2*1-4H2/t6-,7+,8+;;/m0../s1. The molecule has 27 heavy (non-hydrogen) atoms. The van der Waals surface area contributed by atoms with Crippen molar-refractivity contribution in [3.8, 4) is 0 Å². The Hall–Kier alpha value is -1.52. The van der Waals surface area contributed by atoms with Crippen molar-refractivity contribution in [3.05, 3.63) is 32.6 Å². The molecule has 0 radical (unpaired) electrons. The highest BCUT2D eigenvalue weighted by Crippen LogP contribution is 2.27. The second-order valence-corrected chi connectivity index (χ2v) is 6.73. The summed E-state index contributed by atoms with van der Waals surface area (Å²) in [6, 6.07) is 0. The predicted octanol–water partition coefficient (Wildman–Crippen LogP) is 0.0793. The minimum absolute atomic E-state index is 0.205. The zero-order chi connectivity index (χ0) is 19.6. The van der Waals surface area contributed by atoms with Crippen molar-refractivity contribution in [2.75, 3.05) is 33.0 Å². The molecule has 3 atom stereocenters. The highest BCUT2D eigenvalue weighted by Gasteiger charge is 2.34. The minimum Gasteiger partial charge on any atom is -0.394 e. The number of aryl methyl sites for hydroxylation is 1. The van der Waals surface area contributed by atoms with E-state index in [2.05, 4.69) is 4.98 Å². The summed E-state index contributed by atoms with van der Waals surface area (Å²) in [6.07, 6.45) is 4.53. The van der Waals surface area contributed by atoms with Gasteiger partial charge in [-0.2, -0.15) is 0 Å². The Morgan fingerprint density at radius 2 is 1.67 bits per heavy atom. The number of hydrogen-bond donors (Lipinski definition) is 3. The summed E-state index contributed by atoms with van der Waals surface area (Å²) < 4.78 is 16.4. The Morgan fingerprint density at radius 3 is 2.07 bits per heavy atom. The van der Waals surface area contributed by atoms with E-state index in [1.807, 2.05) is 0 Å². The fourth-order valence-corrected chi connectivity index (χ4v) is 2.87. The van der Waals surface area contributed by atoms with Gasteiger partial charge in [0.05, 0.1) is 12.7 Å². The number of aromatic nitrogens is 2. The zero-order valence-corrected chi connectivity index (χ0v) is 15.8.